The van der Waals surface area contributed by atoms with Crippen LogP contribution in [0.2, 0.25) is 5.02 Å². The van der Waals surface area contributed by atoms with Gasteiger partial charge in [0, 0.05) is 29.2 Å². The molecule has 1 fully saturated rings. The van der Waals surface area contributed by atoms with Crippen molar-refractivity contribution in [2.24, 2.45) is 0 Å². The number of amides is 1. The molecule has 130 valence electrons. The van der Waals surface area contributed by atoms with Gasteiger partial charge in [-0.1, -0.05) is 18.5 Å². The molecular weight excluding hydrogens is 336 g/mol. The molecule has 1 aromatic carbocycles. The maximum atomic E-state index is 13.1. The zero-order chi connectivity index (χ0) is 17.6. The lowest BCUT2D eigenvalue weighted by Crippen LogP contribution is -2.39. The van der Waals surface area contributed by atoms with Gasteiger partial charge >= 0.3 is 0 Å². The van der Waals surface area contributed by atoms with Crippen molar-refractivity contribution in [3.05, 3.63) is 51.9 Å². The number of aromatic nitrogens is 2. The van der Waals surface area contributed by atoms with Crippen LogP contribution in [-0.4, -0.2) is 33.9 Å². The zero-order valence-electron chi connectivity index (χ0n) is 14.5. The highest BCUT2D eigenvalue weighted by Crippen LogP contribution is 2.41. The second-order valence-electron chi connectivity index (χ2n) is 6.66. The highest BCUT2D eigenvalue weighted by Gasteiger charge is 2.38. The van der Waals surface area contributed by atoms with E-state index in [4.69, 9.17) is 16.6 Å². The molecule has 1 saturated heterocycles. The Morgan fingerprint density at radius 1 is 1.24 bits per heavy atom. The zero-order valence-corrected chi connectivity index (χ0v) is 15.3. The van der Waals surface area contributed by atoms with E-state index in [-0.39, 0.29) is 11.9 Å². The minimum atomic E-state index is 0.0220. The van der Waals surface area contributed by atoms with Gasteiger partial charge in [-0.2, -0.15) is 0 Å². The van der Waals surface area contributed by atoms with E-state index in [1.165, 1.54) is 6.42 Å². The summed E-state index contributed by atoms with van der Waals surface area (Å²) < 4.78 is 0. The number of halogens is 1. The highest BCUT2D eigenvalue weighted by atomic mass is 35.5. The Morgan fingerprint density at radius 3 is 2.56 bits per heavy atom. The largest absolute Gasteiger partial charge is 0.356 e. The molecule has 2 aliphatic rings. The number of anilines is 1. The van der Waals surface area contributed by atoms with Crippen molar-refractivity contribution >= 4 is 23.3 Å². The second kappa shape index (κ2) is 6.30. The normalized spacial score (nSPS) is 18.9. The highest BCUT2D eigenvalue weighted by molar-refractivity contribution is 6.30. The van der Waals surface area contributed by atoms with E-state index < -0.39 is 0 Å². The molecule has 25 heavy (non-hydrogen) atoms. The Morgan fingerprint density at radius 2 is 1.96 bits per heavy atom. The number of hydrogen-bond acceptors (Lipinski definition) is 4. The van der Waals surface area contributed by atoms with Crippen LogP contribution < -0.4 is 4.90 Å². The van der Waals surface area contributed by atoms with Gasteiger partial charge in [-0.25, -0.2) is 9.97 Å². The average molecular weight is 357 g/mol. The molecule has 3 heterocycles. The molecule has 1 unspecified atom stereocenters. The predicted molar refractivity (Wildman–Crippen MR) is 98.0 cm³/mol. The standard InChI is InChI=1S/C19H21ClN4O/c1-3-16-17-15(21-12(2)22-18(17)23-9-4-10-23)11-24(16)19(25)13-5-7-14(20)8-6-13/h5-8,16H,3-4,9-11H2,1-2H3. The van der Waals surface area contributed by atoms with E-state index in [0.717, 1.165) is 42.4 Å². The minimum absolute atomic E-state index is 0.0220. The van der Waals surface area contributed by atoms with Crippen molar-refractivity contribution in [3.8, 4) is 0 Å². The van der Waals surface area contributed by atoms with Crippen molar-refractivity contribution in [2.75, 3.05) is 18.0 Å². The van der Waals surface area contributed by atoms with Gasteiger partial charge < -0.3 is 9.80 Å². The first-order valence-electron chi connectivity index (χ1n) is 8.77. The maximum Gasteiger partial charge on any atom is 0.254 e. The summed E-state index contributed by atoms with van der Waals surface area (Å²) in [5, 5.41) is 0.634. The van der Waals surface area contributed by atoms with E-state index >= 15 is 0 Å². The molecule has 6 heteroatoms. The molecule has 0 radical (unpaired) electrons. The number of carbonyl (C=O) groups is 1. The van der Waals surface area contributed by atoms with Crippen LogP contribution in [0.4, 0.5) is 5.82 Å². The third-order valence-electron chi connectivity index (χ3n) is 5.04. The van der Waals surface area contributed by atoms with Gasteiger partial charge in [0.1, 0.15) is 11.6 Å². The van der Waals surface area contributed by atoms with Crippen molar-refractivity contribution < 1.29 is 4.79 Å². The van der Waals surface area contributed by atoms with Gasteiger partial charge in [0.05, 0.1) is 18.3 Å². The van der Waals surface area contributed by atoms with Crippen LogP contribution in [0, 0.1) is 6.92 Å². The first-order chi connectivity index (χ1) is 12.1. The number of aryl methyl sites for hydroxylation is 1. The number of carbonyl (C=O) groups excluding carboxylic acids is 1. The summed E-state index contributed by atoms with van der Waals surface area (Å²) in [6.45, 7) is 6.64. The van der Waals surface area contributed by atoms with Gasteiger partial charge in [0.15, 0.2) is 0 Å². The molecule has 1 atom stereocenters. The van der Waals surface area contributed by atoms with E-state index in [1.54, 1.807) is 24.3 Å². The molecule has 1 amide bonds. The molecule has 2 aromatic rings. The number of rotatable bonds is 3. The smallest absolute Gasteiger partial charge is 0.254 e. The predicted octanol–water partition coefficient (Wildman–Crippen LogP) is 3.76. The summed E-state index contributed by atoms with van der Waals surface area (Å²) in [5.41, 5.74) is 2.78. The Hall–Kier alpha value is -2.14. The monoisotopic (exact) mass is 356 g/mol. The molecule has 0 aliphatic carbocycles. The third kappa shape index (κ3) is 2.76. The van der Waals surface area contributed by atoms with E-state index in [1.807, 2.05) is 11.8 Å². The van der Waals surface area contributed by atoms with Crippen LogP contribution in [0.15, 0.2) is 24.3 Å². The molecular formula is C19H21ClN4O. The quantitative estimate of drug-likeness (QED) is 0.840. The van der Waals surface area contributed by atoms with Crippen LogP contribution in [0.1, 0.15) is 53.2 Å². The van der Waals surface area contributed by atoms with E-state index in [2.05, 4.69) is 16.8 Å². The van der Waals surface area contributed by atoms with Crippen LogP contribution in [0.5, 0.6) is 0 Å². The fraction of sp³-hybridized carbons (Fsp3) is 0.421. The first kappa shape index (κ1) is 16.3. The summed E-state index contributed by atoms with van der Waals surface area (Å²) in [4.78, 5) is 26.6. The first-order valence-corrected chi connectivity index (χ1v) is 9.15. The molecule has 0 saturated carbocycles. The van der Waals surface area contributed by atoms with Crippen LogP contribution in [0.3, 0.4) is 0 Å². The number of hydrogen-bond donors (Lipinski definition) is 0. The average Bonchev–Trinajstić information content (AvgIpc) is 2.91. The summed E-state index contributed by atoms with van der Waals surface area (Å²) in [7, 11) is 0. The SMILES string of the molecule is CCC1c2c(nc(C)nc2N2CCC2)CN1C(=O)c1ccc(Cl)cc1. The van der Waals surface area contributed by atoms with E-state index in [9.17, 15) is 4.79 Å². The number of benzene rings is 1. The Kier molecular flexibility index (Phi) is 4.12. The number of nitrogens with zero attached hydrogens (tertiary/aromatic N) is 4. The van der Waals surface area contributed by atoms with Crippen molar-refractivity contribution in [2.45, 2.75) is 39.3 Å². The van der Waals surface area contributed by atoms with Crippen molar-refractivity contribution in [1.29, 1.82) is 0 Å². The molecule has 0 N–H and O–H groups in total. The molecule has 0 bridgehead atoms. The fourth-order valence-corrected chi connectivity index (χ4v) is 3.80. The summed E-state index contributed by atoms with van der Waals surface area (Å²) in [5.74, 6) is 1.82. The molecule has 4 rings (SSSR count). The summed E-state index contributed by atoms with van der Waals surface area (Å²) in [6.07, 6.45) is 2.04. The molecule has 5 nitrogen and oxygen atoms in total. The van der Waals surface area contributed by atoms with Gasteiger partial charge in [0.25, 0.3) is 5.91 Å². The van der Waals surface area contributed by atoms with Gasteiger partial charge in [-0.3, -0.25) is 4.79 Å². The summed E-state index contributed by atoms with van der Waals surface area (Å²) in [6, 6.07) is 7.11. The van der Waals surface area contributed by atoms with Crippen LogP contribution in [0.25, 0.3) is 0 Å². The van der Waals surface area contributed by atoms with Gasteiger partial charge in [-0.15, -0.1) is 0 Å². The maximum absolute atomic E-state index is 13.1. The fourth-order valence-electron chi connectivity index (χ4n) is 3.68. The summed E-state index contributed by atoms with van der Waals surface area (Å²) >= 11 is 5.95. The van der Waals surface area contributed by atoms with Gasteiger partial charge in [0.2, 0.25) is 0 Å². The number of fused-ring (bicyclic) bond motifs is 1. The molecule has 2 aliphatic heterocycles. The van der Waals surface area contributed by atoms with Gasteiger partial charge in [-0.05, 0) is 44.0 Å². The lowest BCUT2D eigenvalue weighted by molar-refractivity contribution is 0.0686. The van der Waals surface area contributed by atoms with Crippen molar-refractivity contribution in [1.82, 2.24) is 14.9 Å². The topological polar surface area (TPSA) is 49.3 Å². The van der Waals surface area contributed by atoms with Crippen LogP contribution in [-0.2, 0) is 6.54 Å². The Balaban J connectivity index is 1.72. The second-order valence-corrected chi connectivity index (χ2v) is 7.10. The molecule has 0 spiro atoms. The minimum Gasteiger partial charge on any atom is -0.356 e. The molecule has 1 aromatic heterocycles. The van der Waals surface area contributed by atoms with E-state index in [0.29, 0.717) is 17.1 Å². The van der Waals surface area contributed by atoms with Crippen molar-refractivity contribution in [3.63, 3.8) is 0 Å². The van der Waals surface area contributed by atoms with Crippen LogP contribution >= 0.6 is 11.6 Å². The lowest BCUT2D eigenvalue weighted by Gasteiger charge is -2.35. The Labute approximate surface area is 152 Å². The third-order valence-corrected chi connectivity index (χ3v) is 5.29. The Bertz CT molecular complexity index is 817. The lowest BCUT2D eigenvalue weighted by atomic mass is 10.0.